The van der Waals surface area contributed by atoms with Crippen molar-refractivity contribution in [3.63, 3.8) is 0 Å². The minimum Gasteiger partial charge on any atom is -0.481 e. The highest BCUT2D eigenvalue weighted by molar-refractivity contribution is 5.78. The predicted octanol–water partition coefficient (Wildman–Crippen LogP) is 1.68. The van der Waals surface area contributed by atoms with Gasteiger partial charge >= 0.3 is 12.0 Å². The summed E-state index contributed by atoms with van der Waals surface area (Å²) in [6.07, 6.45) is 2.88. The molecule has 0 aromatic carbocycles. The van der Waals surface area contributed by atoms with E-state index in [-0.39, 0.29) is 6.03 Å². The second-order valence-electron chi connectivity index (χ2n) is 4.70. The Hall–Kier alpha value is -1.26. The molecule has 1 aliphatic rings. The molecule has 0 aromatic heterocycles. The van der Waals surface area contributed by atoms with Gasteiger partial charge in [-0.15, -0.1) is 0 Å². The summed E-state index contributed by atoms with van der Waals surface area (Å²) < 4.78 is 0. The van der Waals surface area contributed by atoms with Crippen LogP contribution in [0.4, 0.5) is 4.79 Å². The number of rotatable bonds is 4. The molecule has 0 aromatic rings. The number of piperidine rings is 1. The van der Waals surface area contributed by atoms with E-state index in [4.69, 9.17) is 0 Å². The van der Waals surface area contributed by atoms with Gasteiger partial charge in [-0.3, -0.25) is 4.79 Å². The van der Waals surface area contributed by atoms with Gasteiger partial charge in [0.2, 0.25) is 0 Å². The van der Waals surface area contributed by atoms with Crippen LogP contribution in [0.15, 0.2) is 0 Å². The Kier molecular flexibility index (Phi) is 4.78. The average molecular weight is 242 g/mol. The van der Waals surface area contributed by atoms with E-state index in [0.717, 1.165) is 12.8 Å². The van der Waals surface area contributed by atoms with Crippen LogP contribution in [-0.4, -0.2) is 41.6 Å². The fourth-order valence-electron chi connectivity index (χ4n) is 2.26. The van der Waals surface area contributed by atoms with E-state index >= 15 is 0 Å². The molecule has 2 amide bonds. The predicted molar refractivity (Wildman–Crippen MR) is 64.9 cm³/mol. The van der Waals surface area contributed by atoms with Gasteiger partial charge in [-0.1, -0.05) is 13.8 Å². The Balaban J connectivity index is 2.65. The minimum absolute atomic E-state index is 0.134. The van der Waals surface area contributed by atoms with Crippen molar-refractivity contribution in [1.29, 1.82) is 0 Å². The van der Waals surface area contributed by atoms with Gasteiger partial charge < -0.3 is 15.3 Å². The van der Waals surface area contributed by atoms with Crippen molar-refractivity contribution in [3.05, 3.63) is 0 Å². The van der Waals surface area contributed by atoms with Gasteiger partial charge in [0.15, 0.2) is 0 Å². The molecule has 0 aliphatic carbocycles. The van der Waals surface area contributed by atoms with Crippen molar-refractivity contribution in [2.75, 3.05) is 19.6 Å². The molecule has 17 heavy (non-hydrogen) atoms. The zero-order valence-electron chi connectivity index (χ0n) is 10.7. The van der Waals surface area contributed by atoms with Gasteiger partial charge in [-0.25, -0.2) is 4.79 Å². The number of hydrogen-bond donors (Lipinski definition) is 2. The van der Waals surface area contributed by atoms with Crippen molar-refractivity contribution in [2.24, 2.45) is 5.41 Å². The molecule has 1 rings (SSSR count). The third kappa shape index (κ3) is 3.11. The molecule has 1 aliphatic heterocycles. The topological polar surface area (TPSA) is 69.6 Å². The normalized spacial score (nSPS) is 24.5. The maximum absolute atomic E-state index is 11.8. The van der Waals surface area contributed by atoms with Gasteiger partial charge in [-0.2, -0.15) is 0 Å². The molecule has 1 heterocycles. The molecule has 2 N–H and O–H groups in total. The molecule has 1 saturated heterocycles. The van der Waals surface area contributed by atoms with Crippen LogP contribution in [0, 0.1) is 5.41 Å². The average Bonchev–Trinajstić information content (AvgIpc) is 2.35. The largest absolute Gasteiger partial charge is 0.481 e. The molecule has 1 atom stereocenters. The maximum Gasteiger partial charge on any atom is 0.317 e. The van der Waals surface area contributed by atoms with Crippen molar-refractivity contribution in [3.8, 4) is 0 Å². The summed E-state index contributed by atoms with van der Waals surface area (Å²) in [6, 6.07) is -0.134. The van der Waals surface area contributed by atoms with E-state index in [2.05, 4.69) is 5.32 Å². The van der Waals surface area contributed by atoms with Gasteiger partial charge in [0.05, 0.1) is 5.41 Å². The Morgan fingerprint density at radius 1 is 1.41 bits per heavy atom. The van der Waals surface area contributed by atoms with Crippen molar-refractivity contribution < 1.29 is 14.7 Å². The third-order valence-corrected chi connectivity index (χ3v) is 3.52. The number of likely N-dealkylation sites (tertiary alicyclic amines) is 1. The van der Waals surface area contributed by atoms with E-state index in [0.29, 0.717) is 32.5 Å². The highest BCUT2D eigenvalue weighted by Crippen LogP contribution is 2.33. The molecule has 98 valence electrons. The summed E-state index contributed by atoms with van der Waals surface area (Å²) in [6.45, 7) is 5.49. The Labute approximate surface area is 102 Å². The van der Waals surface area contributed by atoms with Gasteiger partial charge in [-0.05, 0) is 25.7 Å². The number of hydrogen-bond acceptors (Lipinski definition) is 2. The van der Waals surface area contributed by atoms with Gasteiger partial charge in [0.25, 0.3) is 0 Å². The lowest BCUT2D eigenvalue weighted by Crippen LogP contribution is -2.52. The lowest BCUT2D eigenvalue weighted by Gasteiger charge is -2.39. The fraction of sp³-hybridized carbons (Fsp3) is 0.833. The standard InChI is InChI=1S/C12H22N2O3/c1-3-7-13-11(17)14-8-5-6-12(4-2,9-14)10(15)16/h3-9H2,1-2H3,(H,13,17)(H,15,16). The summed E-state index contributed by atoms with van der Waals surface area (Å²) in [7, 11) is 0. The molecule has 1 unspecified atom stereocenters. The van der Waals surface area contributed by atoms with Crippen LogP contribution in [0.3, 0.4) is 0 Å². The third-order valence-electron chi connectivity index (χ3n) is 3.52. The Morgan fingerprint density at radius 2 is 2.12 bits per heavy atom. The number of carboxylic acid groups (broad SMARTS) is 1. The number of carboxylic acids is 1. The van der Waals surface area contributed by atoms with Gasteiger partial charge in [0, 0.05) is 19.6 Å². The minimum atomic E-state index is -0.784. The first-order valence-electron chi connectivity index (χ1n) is 6.32. The molecular weight excluding hydrogens is 220 g/mol. The van der Waals surface area contributed by atoms with Crippen LogP contribution >= 0.6 is 0 Å². The number of nitrogens with zero attached hydrogens (tertiary/aromatic N) is 1. The number of carbonyl (C=O) groups excluding carboxylic acids is 1. The van der Waals surface area contributed by atoms with E-state index in [1.165, 1.54) is 0 Å². The van der Waals surface area contributed by atoms with E-state index in [1.54, 1.807) is 4.90 Å². The SMILES string of the molecule is CCCNC(=O)N1CCCC(CC)(C(=O)O)C1. The summed E-state index contributed by atoms with van der Waals surface area (Å²) in [5.74, 6) is -0.784. The highest BCUT2D eigenvalue weighted by Gasteiger charge is 2.41. The second-order valence-corrected chi connectivity index (χ2v) is 4.70. The number of aliphatic carboxylic acids is 1. The summed E-state index contributed by atoms with van der Waals surface area (Å²) >= 11 is 0. The van der Waals surface area contributed by atoms with Crippen LogP contribution in [0.25, 0.3) is 0 Å². The van der Waals surface area contributed by atoms with Crippen LogP contribution < -0.4 is 5.32 Å². The molecule has 5 nitrogen and oxygen atoms in total. The van der Waals surface area contributed by atoms with E-state index in [9.17, 15) is 14.7 Å². The first kappa shape index (κ1) is 13.8. The lowest BCUT2D eigenvalue weighted by atomic mass is 9.78. The number of amides is 2. The molecular formula is C12H22N2O3. The first-order valence-corrected chi connectivity index (χ1v) is 6.32. The van der Waals surface area contributed by atoms with Crippen LogP contribution in [0.2, 0.25) is 0 Å². The van der Waals surface area contributed by atoms with E-state index < -0.39 is 11.4 Å². The smallest absolute Gasteiger partial charge is 0.317 e. The zero-order chi connectivity index (χ0) is 12.9. The van der Waals surface area contributed by atoms with Crippen molar-refractivity contribution in [1.82, 2.24) is 10.2 Å². The summed E-state index contributed by atoms with van der Waals surface area (Å²) in [5.41, 5.74) is -0.748. The van der Waals surface area contributed by atoms with Gasteiger partial charge in [0.1, 0.15) is 0 Å². The van der Waals surface area contributed by atoms with Crippen molar-refractivity contribution >= 4 is 12.0 Å². The first-order chi connectivity index (χ1) is 8.05. The maximum atomic E-state index is 11.8. The van der Waals surface area contributed by atoms with Crippen molar-refractivity contribution in [2.45, 2.75) is 39.5 Å². The molecule has 5 heteroatoms. The number of nitrogens with one attached hydrogen (secondary N) is 1. The quantitative estimate of drug-likeness (QED) is 0.788. The Morgan fingerprint density at radius 3 is 2.65 bits per heavy atom. The summed E-state index contributed by atoms with van der Waals surface area (Å²) in [5, 5.41) is 12.1. The molecule has 0 bridgehead atoms. The lowest BCUT2D eigenvalue weighted by molar-refractivity contribution is -0.152. The Bertz CT molecular complexity index is 293. The molecule has 0 saturated carbocycles. The second kappa shape index (κ2) is 5.89. The van der Waals surface area contributed by atoms with Crippen LogP contribution in [-0.2, 0) is 4.79 Å². The number of carbonyl (C=O) groups is 2. The highest BCUT2D eigenvalue weighted by atomic mass is 16.4. The number of urea groups is 1. The zero-order valence-corrected chi connectivity index (χ0v) is 10.7. The van der Waals surface area contributed by atoms with E-state index in [1.807, 2.05) is 13.8 Å². The monoisotopic (exact) mass is 242 g/mol. The molecule has 1 fully saturated rings. The molecule has 0 radical (unpaired) electrons. The van der Waals surface area contributed by atoms with Crippen LogP contribution in [0.5, 0.6) is 0 Å². The summed E-state index contributed by atoms with van der Waals surface area (Å²) in [4.78, 5) is 24.8. The molecule has 0 spiro atoms. The fourth-order valence-corrected chi connectivity index (χ4v) is 2.26. The van der Waals surface area contributed by atoms with Crippen LogP contribution in [0.1, 0.15) is 39.5 Å².